The van der Waals surface area contributed by atoms with Gasteiger partial charge in [0, 0.05) is 0 Å². The molecule has 0 spiro atoms. The number of hydrogen-bond donors (Lipinski definition) is 0. The molecule has 0 amide bonds. The predicted octanol–water partition coefficient (Wildman–Crippen LogP) is 1.85. The van der Waals surface area contributed by atoms with Crippen LogP contribution >= 0.6 is 0 Å². The van der Waals surface area contributed by atoms with Crippen LogP contribution in [-0.2, 0) is 0 Å². The third-order valence-corrected chi connectivity index (χ3v) is 1.46. The summed E-state index contributed by atoms with van der Waals surface area (Å²) >= 11 is 0. The van der Waals surface area contributed by atoms with Gasteiger partial charge in [0.15, 0.2) is 6.29 Å². The lowest BCUT2D eigenvalue weighted by molar-refractivity contribution is 0.111. The monoisotopic (exact) mass is 177 g/mol. The van der Waals surface area contributed by atoms with Crippen molar-refractivity contribution < 1.29 is 9.53 Å². The first kappa shape index (κ1) is 9.45. The first-order chi connectivity index (χ1) is 6.36. The van der Waals surface area contributed by atoms with Crippen LogP contribution in [0.4, 0.5) is 0 Å². The number of pyridine rings is 1. The Bertz CT molecular complexity index is 290. The van der Waals surface area contributed by atoms with Crippen LogP contribution in [0.5, 0.6) is 5.75 Å². The first-order valence-electron chi connectivity index (χ1n) is 4.02. The van der Waals surface area contributed by atoms with E-state index in [1.807, 2.05) is 19.1 Å². The number of carbonyl (C=O) groups excluding carboxylic acids is 1. The molecule has 1 aromatic rings. The number of allylic oxidation sites excluding steroid dienone is 1. The number of ether oxygens (including phenoxy) is 1. The molecule has 3 heteroatoms. The van der Waals surface area contributed by atoms with Crippen LogP contribution in [0.1, 0.15) is 17.4 Å². The van der Waals surface area contributed by atoms with Gasteiger partial charge in [-0.25, -0.2) is 4.98 Å². The molecule has 0 saturated carbocycles. The summed E-state index contributed by atoms with van der Waals surface area (Å²) < 4.78 is 5.28. The van der Waals surface area contributed by atoms with Crippen LogP contribution in [-0.4, -0.2) is 17.9 Å². The third kappa shape index (κ3) is 3.07. The minimum Gasteiger partial charge on any atom is -0.488 e. The molecule has 0 unspecified atom stereocenters. The molecule has 0 saturated heterocycles. The standard InChI is InChI=1S/C10H11NO2/c1-2-3-6-13-10-5-4-9(8-12)11-7-10/h2-5,7-8H,6H2,1H3. The van der Waals surface area contributed by atoms with Crippen molar-refractivity contribution in [2.24, 2.45) is 0 Å². The molecule has 0 aliphatic heterocycles. The van der Waals surface area contributed by atoms with Crippen LogP contribution in [0, 0.1) is 0 Å². The van der Waals surface area contributed by atoms with E-state index in [0.29, 0.717) is 24.3 Å². The molecule has 1 aromatic heterocycles. The lowest BCUT2D eigenvalue weighted by atomic mass is 10.4. The van der Waals surface area contributed by atoms with Crippen LogP contribution in [0.2, 0.25) is 0 Å². The Morgan fingerprint density at radius 2 is 2.38 bits per heavy atom. The van der Waals surface area contributed by atoms with Crippen LogP contribution in [0.3, 0.4) is 0 Å². The zero-order valence-corrected chi connectivity index (χ0v) is 7.43. The Morgan fingerprint density at radius 3 is 2.92 bits per heavy atom. The normalized spacial score (nSPS) is 10.2. The van der Waals surface area contributed by atoms with E-state index in [1.54, 1.807) is 12.1 Å². The second-order valence-corrected chi connectivity index (χ2v) is 2.42. The van der Waals surface area contributed by atoms with Gasteiger partial charge in [-0.2, -0.15) is 0 Å². The zero-order chi connectivity index (χ0) is 9.52. The molecule has 0 aliphatic carbocycles. The van der Waals surface area contributed by atoms with Crippen molar-refractivity contribution >= 4 is 6.29 Å². The molecule has 0 bridgehead atoms. The summed E-state index contributed by atoms with van der Waals surface area (Å²) in [6.45, 7) is 2.45. The summed E-state index contributed by atoms with van der Waals surface area (Å²) in [5.74, 6) is 0.670. The van der Waals surface area contributed by atoms with Crippen molar-refractivity contribution in [3.05, 3.63) is 36.2 Å². The molecular weight excluding hydrogens is 166 g/mol. The summed E-state index contributed by atoms with van der Waals surface area (Å²) in [7, 11) is 0. The molecular formula is C10H11NO2. The second kappa shape index (κ2) is 5.09. The fourth-order valence-electron chi connectivity index (χ4n) is 0.787. The zero-order valence-electron chi connectivity index (χ0n) is 7.43. The Hall–Kier alpha value is -1.64. The fraction of sp³-hybridized carbons (Fsp3) is 0.200. The Balaban J connectivity index is 2.53. The molecule has 1 heterocycles. The molecule has 0 aliphatic rings. The highest BCUT2D eigenvalue weighted by molar-refractivity contribution is 5.71. The Labute approximate surface area is 77.1 Å². The van der Waals surface area contributed by atoms with Gasteiger partial charge >= 0.3 is 0 Å². The van der Waals surface area contributed by atoms with Crippen molar-refractivity contribution in [1.29, 1.82) is 0 Å². The number of aldehydes is 1. The molecule has 1 rings (SSSR count). The van der Waals surface area contributed by atoms with Gasteiger partial charge in [0.1, 0.15) is 18.1 Å². The van der Waals surface area contributed by atoms with Crippen molar-refractivity contribution in [2.75, 3.05) is 6.61 Å². The van der Waals surface area contributed by atoms with E-state index in [0.717, 1.165) is 0 Å². The van der Waals surface area contributed by atoms with E-state index >= 15 is 0 Å². The van der Waals surface area contributed by atoms with Crippen LogP contribution < -0.4 is 4.74 Å². The van der Waals surface area contributed by atoms with E-state index in [2.05, 4.69) is 4.98 Å². The topological polar surface area (TPSA) is 39.2 Å². The number of nitrogens with zero attached hydrogens (tertiary/aromatic N) is 1. The molecule has 0 N–H and O–H groups in total. The maximum atomic E-state index is 10.3. The van der Waals surface area contributed by atoms with Crippen molar-refractivity contribution in [3.8, 4) is 5.75 Å². The fourth-order valence-corrected chi connectivity index (χ4v) is 0.787. The van der Waals surface area contributed by atoms with E-state index in [9.17, 15) is 4.79 Å². The molecule has 0 aromatic carbocycles. The second-order valence-electron chi connectivity index (χ2n) is 2.42. The number of hydrogen-bond acceptors (Lipinski definition) is 3. The quantitative estimate of drug-likeness (QED) is 0.520. The number of aromatic nitrogens is 1. The molecule has 0 radical (unpaired) electrons. The van der Waals surface area contributed by atoms with Gasteiger partial charge in [0.25, 0.3) is 0 Å². The highest BCUT2D eigenvalue weighted by Crippen LogP contribution is 2.07. The van der Waals surface area contributed by atoms with Gasteiger partial charge in [-0.3, -0.25) is 4.79 Å². The minimum absolute atomic E-state index is 0.415. The van der Waals surface area contributed by atoms with Crippen LogP contribution in [0.25, 0.3) is 0 Å². The van der Waals surface area contributed by atoms with E-state index in [1.165, 1.54) is 6.20 Å². The summed E-state index contributed by atoms with van der Waals surface area (Å²) in [5.41, 5.74) is 0.415. The van der Waals surface area contributed by atoms with Crippen molar-refractivity contribution in [3.63, 3.8) is 0 Å². The predicted molar refractivity (Wildman–Crippen MR) is 49.9 cm³/mol. The summed E-state index contributed by atoms with van der Waals surface area (Å²) in [5, 5.41) is 0. The Morgan fingerprint density at radius 1 is 1.54 bits per heavy atom. The maximum absolute atomic E-state index is 10.3. The van der Waals surface area contributed by atoms with Gasteiger partial charge in [-0.1, -0.05) is 12.2 Å². The summed E-state index contributed by atoms with van der Waals surface area (Å²) in [6, 6.07) is 3.35. The molecule has 3 nitrogen and oxygen atoms in total. The average Bonchev–Trinajstić information content (AvgIpc) is 2.19. The molecule has 13 heavy (non-hydrogen) atoms. The smallest absolute Gasteiger partial charge is 0.168 e. The van der Waals surface area contributed by atoms with Crippen molar-refractivity contribution in [2.45, 2.75) is 6.92 Å². The van der Waals surface area contributed by atoms with Gasteiger partial charge in [0.05, 0.1) is 6.20 Å². The lowest BCUT2D eigenvalue weighted by Gasteiger charge is -2.01. The van der Waals surface area contributed by atoms with Gasteiger partial charge < -0.3 is 4.74 Å². The number of rotatable bonds is 4. The lowest BCUT2D eigenvalue weighted by Crippen LogP contribution is -1.94. The highest BCUT2D eigenvalue weighted by atomic mass is 16.5. The van der Waals surface area contributed by atoms with Crippen molar-refractivity contribution in [1.82, 2.24) is 4.98 Å². The molecule has 0 fully saturated rings. The maximum Gasteiger partial charge on any atom is 0.168 e. The van der Waals surface area contributed by atoms with E-state index in [4.69, 9.17) is 4.74 Å². The third-order valence-electron chi connectivity index (χ3n) is 1.46. The number of carbonyl (C=O) groups is 1. The SMILES string of the molecule is CC=CCOc1ccc(C=O)nc1. The van der Waals surface area contributed by atoms with Gasteiger partial charge in [0.2, 0.25) is 0 Å². The average molecular weight is 177 g/mol. The van der Waals surface area contributed by atoms with Gasteiger partial charge in [-0.05, 0) is 19.1 Å². The van der Waals surface area contributed by atoms with Gasteiger partial charge in [-0.15, -0.1) is 0 Å². The van der Waals surface area contributed by atoms with E-state index < -0.39 is 0 Å². The van der Waals surface area contributed by atoms with Crippen LogP contribution in [0.15, 0.2) is 30.5 Å². The first-order valence-corrected chi connectivity index (χ1v) is 4.02. The molecule has 0 atom stereocenters. The highest BCUT2D eigenvalue weighted by Gasteiger charge is 1.93. The largest absolute Gasteiger partial charge is 0.488 e. The molecule has 68 valence electrons. The Kier molecular flexibility index (Phi) is 3.70. The summed E-state index contributed by atoms with van der Waals surface area (Å²) in [4.78, 5) is 14.1. The van der Waals surface area contributed by atoms with E-state index in [-0.39, 0.29) is 0 Å². The minimum atomic E-state index is 0.415. The summed E-state index contributed by atoms with van der Waals surface area (Å²) in [6.07, 6.45) is 6.05.